The van der Waals surface area contributed by atoms with E-state index in [0.29, 0.717) is 17.0 Å². The maximum atomic E-state index is 12.4. The third-order valence-corrected chi connectivity index (χ3v) is 3.83. The first kappa shape index (κ1) is 19.5. The zero-order valence-corrected chi connectivity index (χ0v) is 15.7. The van der Waals surface area contributed by atoms with Crippen molar-refractivity contribution in [2.24, 2.45) is 0 Å². The molecule has 26 heavy (non-hydrogen) atoms. The molecule has 2 aromatic carbocycles. The first-order valence-electron chi connectivity index (χ1n) is 8.86. The number of carbonyl (C=O) groups is 2. The zero-order valence-electron chi connectivity index (χ0n) is 15.7. The largest absolute Gasteiger partial charge is 0.481 e. The molecule has 0 saturated heterocycles. The van der Waals surface area contributed by atoms with Crippen LogP contribution < -0.4 is 15.4 Å². The molecule has 0 aliphatic heterocycles. The fraction of sp³-hybridized carbons (Fsp3) is 0.333. The van der Waals surface area contributed by atoms with Gasteiger partial charge in [-0.05, 0) is 63.1 Å². The maximum Gasteiger partial charge on any atom is 0.265 e. The van der Waals surface area contributed by atoms with Crippen molar-refractivity contribution >= 4 is 17.5 Å². The number of carbonyl (C=O) groups excluding carboxylic acids is 2. The molecule has 0 aliphatic rings. The Bertz CT molecular complexity index is 754. The van der Waals surface area contributed by atoms with E-state index in [4.69, 9.17) is 4.74 Å². The van der Waals surface area contributed by atoms with Crippen LogP contribution in [0.15, 0.2) is 48.5 Å². The monoisotopic (exact) mass is 354 g/mol. The summed E-state index contributed by atoms with van der Waals surface area (Å²) in [5.41, 5.74) is 2.27. The number of anilines is 1. The van der Waals surface area contributed by atoms with Gasteiger partial charge >= 0.3 is 0 Å². The summed E-state index contributed by atoms with van der Waals surface area (Å²) in [6.07, 6.45) is 0.299. The SMILES string of the molecule is CCc1ccc(OC(C)C(=O)Nc2cccc(C(=O)NC(C)C)c2)cc1. The number of rotatable bonds is 7. The molecule has 0 spiro atoms. The molecule has 1 unspecified atom stereocenters. The molecule has 5 heteroatoms. The van der Waals surface area contributed by atoms with Gasteiger partial charge in [-0.25, -0.2) is 0 Å². The van der Waals surface area contributed by atoms with Crippen LogP contribution in [0.3, 0.4) is 0 Å². The summed E-state index contributed by atoms with van der Waals surface area (Å²) >= 11 is 0. The summed E-state index contributed by atoms with van der Waals surface area (Å²) in [6, 6.07) is 14.6. The van der Waals surface area contributed by atoms with Crippen molar-refractivity contribution in [2.75, 3.05) is 5.32 Å². The van der Waals surface area contributed by atoms with Crippen molar-refractivity contribution in [3.8, 4) is 5.75 Å². The average molecular weight is 354 g/mol. The van der Waals surface area contributed by atoms with Gasteiger partial charge < -0.3 is 15.4 Å². The molecule has 1 atom stereocenters. The number of hydrogen-bond acceptors (Lipinski definition) is 3. The standard InChI is InChI=1S/C21H26N2O3/c1-5-16-9-11-19(12-10-16)26-15(4)20(24)23-18-8-6-7-17(13-18)21(25)22-14(2)3/h6-15H,5H2,1-4H3,(H,22,25)(H,23,24). The molecule has 0 fully saturated rings. The fourth-order valence-electron chi connectivity index (χ4n) is 2.39. The van der Waals surface area contributed by atoms with E-state index >= 15 is 0 Å². The summed E-state index contributed by atoms with van der Waals surface area (Å²) in [6.45, 7) is 7.57. The number of ether oxygens (including phenoxy) is 1. The van der Waals surface area contributed by atoms with Crippen molar-refractivity contribution in [2.45, 2.75) is 46.3 Å². The molecule has 0 saturated carbocycles. The molecule has 0 heterocycles. The van der Waals surface area contributed by atoms with Gasteiger partial charge in [0.05, 0.1) is 0 Å². The lowest BCUT2D eigenvalue weighted by atomic mass is 10.1. The highest BCUT2D eigenvalue weighted by Gasteiger charge is 2.16. The third kappa shape index (κ3) is 5.62. The molecule has 0 bridgehead atoms. The highest BCUT2D eigenvalue weighted by molar-refractivity contribution is 5.98. The molecule has 0 radical (unpaired) electrons. The van der Waals surface area contributed by atoms with Crippen LogP contribution in [0.1, 0.15) is 43.6 Å². The number of hydrogen-bond donors (Lipinski definition) is 2. The van der Waals surface area contributed by atoms with E-state index in [-0.39, 0.29) is 17.9 Å². The second kappa shape index (κ2) is 9.04. The minimum atomic E-state index is -0.657. The van der Waals surface area contributed by atoms with Crippen LogP contribution in [0, 0.1) is 0 Å². The van der Waals surface area contributed by atoms with Gasteiger partial charge in [-0.1, -0.05) is 25.1 Å². The Labute approximate surface area is 154 Å². The first-order valence-corrected chi connectivity index (χ1v) is 8.86. The summed E-state index contributed by atoms with van der Waals surface area (Å²) < 4.78 is 5.69. The number of benzene rings is 2. The summed E-state index contributed by atoms with van der Waals surface area (Å²) in [4.78, 5) is 24.4. The lowest BCUT2D eigenvalue weighted by Gasteiger charge is -2.15. The lowest BCUT2D eigenvalue weighted by molar-refractivity contribution is -0.122. The molecule has 2 N–H and O–H groups in total. The Balaban J connectivity index is 1.98. The van der Waals surface area contributed by atoms with E-state index in [1.165, 1.54) is 5.56 Å². The van der Waals surface area contributed by atoms with Crippen LogP contribution in [0.2, 0.25) is 0 Å². The summed E-state index contributed by atoms with van der Waals surface area (Å²) in [5.74, 6) is 0.206. The van der Waals surface area contributed by atoms with E-state index in [9.17, 15) is 9.59 Å². The van der Waals surface area contributed by atoms with Gasteiger partial charge in [-0.15, -0.1) is 0 Å². The molecular weight excluding hydrogens is 328 g/mol. The van der Waals surface area contributed by atoms with Gasteiger partial charge in [0.2, 0.25) is 0 Å². The van der Waals surface area contributed by atoms with E-state index < -0.39 is 6.10 Å². The van der Waals surface area contributed by atoms with Crippen molar-refractivity contribution in [3.05, 3.63) is 59.7 Å². The molecule has 0 aliphatic carbocycles. The maximum absolute atomic E-state index is 12.4. The molecular formula is C21H26N2O3. The predicted octanol–water partition coefficient (Wildman–Crippen LogP) is 3.79. The van der Waals surface area contributed by atoms with Gasteiger partial charge in [-0.3, -0.25) is 9.59 Å². The third-order valence-electron chi connectivity index (χ3n) is 3.83. The predicted molar refractivity (Wildman–Crippen MR) is 104 cm³/mol. The fourth-order valence-corrected chi connectivity index (χ4v) is 2.39. The highest BCUT2D eigenvalue weighted by Crippen LogP contribution is 2.16. The average Bonchev–Trinajstić information content (AvgIpc) is 2.62. The molecule has 2 aromatic rings. The number of aryl methyl sites for hydroxylation is 1. The van der Waals surface area contributed by atoms with Gasteiger partial charge in [0, 0.05) is 17.3 Å². The normalized spacial score (nSPS) is 11.7. The van der Waals surface area contributed by atoms with Crippen molar-refractivity contribution in [1.29, 1.82) is 0 Å². The Kier molecular flexibility index (Phi) is 6.78. The van der Waals surface area contributed by atoms with Crippen LogP contribution in [-0.2, 0) is 11.2 Å². The molecule has 5 nitrogen and oxygen atoms in total. The van der Waals surface area contributed by atoms with Gasteiger partial charge in [0.15, 0.2) is 6.10 Å². The second-order valence-corrected chi connectivity index (χ2v) is 6.46. The minimum Gasteiger partial charge on any atom is -0.481 e. The Hall–Kier alpha value is -2.82. The Morgan fingerprint density at radius 3 is 2.35 bits per heavy atom. The van der Waals surface area contributed by atoms with Crippen LogP contribution in [0.25, 0.3) is 0 Å². The van der Waals surface area contributed by atoms with Gasteiger partial charge in [-0.2, -0.15) is 0 Å². The molecule has 2 amide bonds. The van der Waals surface area contributed by atoms with Gasteiger partial charge in [0.25, 0.3) is 11.8 Å². The Morgan fingerprint density at radius 2 is 1.73 bits per heavy atom. The number of amides is 2. The smallest absolute Gasteiger partial charge is 0.265 e. The van der Waals surface area contributed by atoms with Crippen LogP contribution in [0.5, 0.6) is 5.75 Å². The Morgan fingerprint density at radius 1 is 1.04 bits per heavy atom. The van der Waals surface area contributed by atoms with E-state index in [2.05, 4.69) is 17.6 Å². The minimum absolute atomic E-state index is 0.0493. The topological polar surface area (TPSA) is 67.4 Å². The zero-order chi connectivity index (χ0) is 19.1. The summed E-state index contributed by atoms with van der Waals surface area (Å²) in [7, 11) is 0. The van der Waals surface area contributed by atoms with Crippen LogP contribution >= 0.6 is 0 Å². The van der Waals surface area contributed by atoms with E-state index in [0.717, 1.165) is 6.42 Å². The highest BCUT2D eigenvalue weighted by atomic mass is 16.5. The van der Waals surface area contributed by atoms with Crippen molar-refractivity contribution in [1.82, 2.24) is 5.32 Å². The van der Waals surface area contributed by atoms with Crippen molar-refractivity contribution < 1.29 is 14.3 Å². The first-order chi connectivity index (χ1) is 12.4. The van der Waals surface area contributed by atoms with Crippen LogP contribution in [0.4, 0.5) is 5.69 Å². The molecule has 138 valence electrons. The van der Waals surface area contributed by atoms with E-state index in [1.807, 2.05) is 38.1 Å². The van der Waals surface area contributed by atoms with Crippen molar-refractivity contribution in [3.63, 3.8) is 0 Å². The van der Waals surface area contributed by atoms with Gasteiger partial charge in [0.1, 0.15) is 5.75 Å². The van der Waals surface area contributed by atoms with E-state index in [1.54, 1.807) is 31.2 Å². The lowest BCUT2D eigenvalue weighted by Crippen LogP contribution is -2.31. The molecule has 0 aromatic heterocycles. The van der Waals surface area contributed by atoms with Crippen LogP contribution in [-0.4, -0.2) is 24.0 Å². The quantitative estimate of drug-likeness (QED) is 0.795. The number of nitrogens with one attached hydrogen (secondary N) is 2. The molecule has 2 rings (SSSR count). The summed E-state index contributed by atoms with van der Waals surface area (Å²) in [5, 5.41) is 5.62. The second-order valence-electron chi connectivity index (χ2n) is 6.46.